The fourth-order valence-corrected chi connectivity index (χ4v) is 1.20. The Morgan fingerprint density at radius 1 is 1.31 bits per heavy atom. The molecule has 0 radical (unpaired) electrons. The van der Waals surface area contributed by atoms with Gasteiger partial charge in [0.05, 0.1) is 0 Å². The van der Waals surface area contributed by atoms with Gasteiger partial charge in [-0.15, -0.1) is 0 Å². The zero-order chi connectivity index (χ0) is 10.3. The highest BCUT2D eigenvalue weighted by Crippen LogP contribution is 2.05. The van der Waals surface area contributed by atoms with Crippen LogP contribution in [-0.4, -0.2) is 17.2 Å². The van der Waals surface area contributed by atoms with Crippen molar-refractivity contribution in [1.82, 2.24) is 10.6 Å². The zero-order valence-corrected chi connectivity index (χ0v) is 10.1. The zero-order valence-electron chi connectivity index (χ0n) is 9.24. The van der Waals surface area contributed by atoms with Crippen molar-refractivity contribution in [2.45, 2.75) is 52.5 Å². The number of thiocarbonyl (C=S) groups is 1. The normalized spacial score (nSPS) is 11.1. The second-order valence-electron chi connectivity index (χ2n) is 3.97. The van der Waals surface area contributed by atoms with E-state index in [2.05, 4.69) is 38.3 Å². The summed E-state index contributed by atoms with van der Waals surface area (Å²) in [5.41, 5.74) is 0.107. The monoisotopic (exact) mass is 202 g/mol. The molecule has 13 heavy (non-hydrogen) atoms. The molecular formula is C10H22N2S. The van der Waals surface area contributed by atoms with Crippen molar-refractivity contribution in [2.75, 3.05) is 6.54 Å². The third-order valence-electron chi connectivity index (χ3n) is 2.15. The second-order valence-corrected chi connectivity index (χ2v) is 4.38. The average Bonchev–Trinajstić information content (AvgIpc) is 2.04. The van der Waals surface area contributed by atoms with Crippen molar-refractivity contribution >= 4 is 17.3 Å². The molecule has 0 saturated carbocycles. The Balaban J connectivity index is 3.62. The van der Waals surface area contributed by atoms with E-state index in [9.17, 15) is 0 Å². The van der Waals surface area contributed by atoms with Crippen LogP contribution >= 0.6 is 12.2 Å². The van der Waals surface area contributed by atoms with E-state index in [-0.39, 0.29) is 5.54 Å². The molecule has 3 heteroatoms. The Kier molecular flexibility index (Phi) is 6.04. The molecule has 0 fully saturated rings. The number of rotatable bonds is 5. The third-order valence-corrected chi connectivity index (χ3v) is 2.40. The van der Waals surface area contributed by atoms with Crippen LogP contribution in [0.1, 0.15) is 47.0 Å². The molecule has 0 bridgehead atoms. The maximum absolute atomic E-state index is 5.16. The second kappa shape index (κ2) is 6.19. The van der Waals surface area contributed by atoms with Gasteiger partial charge in [-0.25, -0.2) is 0 Å². The molecule has 0 aromatic rings. The van der Waals surface area contributed by atoms with Gasteiger partial charge < -0.3 is 10.6 Å². The van der Waals surface area contributed by atoms with E-state index in [0.717, 1.165) is 18.1 Å². The molecule has 2 N–H and O–H groups in total. The molecule has 0 aromatic carbocycles. The van der Waals surface area contributed by atoms with Crippen molar-refractivity contribution < 1.29 is 0 Å². The smallest absolute Gasteiger partial charge is 0.166 e. The van der Waals surface area contributed by atoms with Gasteiger partial charge in [-0.2, -0.15) is 0 Å². The molecule has 0 aliphatic rings. The van der Waals surface area contributed by atoms with Gasteiger partial charge in [0.1, 0.15) is 0 Å². The van der Waals surface area contributed by atoms with Crippen LogP contribution in [0, 0.1) is 0 Å². The first-order valence-corrected chi connectivity index (χ1v) is 5.48. The fourth-order valence-electron chi connectivity index (χ4n) is 0.819. The van der Waals surface area contributed by atoms with Crippen LogP contribution in [0.4, 0.5) is 0 Å². The lowest BCUT2D eigenvalue weighted by atomic mass is 10.0. The first-order valence-electron chi connectivity index (χ1n) is 5.08. The summed E-state index contributed by atoms with van der Waals surface area (Å²) in [5, 5.41) is 7.26. The first kappa shape index (κ1) is 12.7. The number of hydrogen-bond donors (Lipinski definition) is 2. The molecule has 0 spiro atoms. The van der Waals surface area contributed by atoms with Gasteiger partial charge in [0.15, 0.2) is 5.11 Å². The highest BCUT2D eigenvalue weighted by atomic mass is 32.1. The molecule has 0 rings (SSSR count). The molecule has 0 aromatic heterocycles. The Hall–Kier alpha value is -0.310. The van der Waals surface area contributed by atoms with Gasteiger partial charge in [-0.05, 0) is 38.9 Å². The number of nitrogens with one attached hydrogen (secondary N) is 2. The summed E-state index contributed by atoms with van der Waals surface area (Å²) in [7, 11) is 0. The van der Waals surface area contributed by atoms with E-state index in [1.807, 2.05) is 0 Å². The molecule has 0 heterocycles. The van der Waals surface area contributed by atoms with Crippen molar-refractivity contribution in [3.63, 3.8) is 0 Å². The molecule has 0 amide bonds. The van der Waals surface area contributed by atoms with Gasteiger partial charge in [0.25, 0.3) is 0 Å². The molecule has 0 unspecified atom stereocenters. The molecule has 0 aliphatic carbocycles. The van der Waals surface area contributed by atoms with E-state index in [1.165, 1.54) is 12.8 Å². The maximum atomic E-state index is 5.16. The summed E-state index contributed by atoms with van der Waals surface area (Å²) in [6, 6.07) is 0. The lowest BCUT2D eigenvalue weighted by Gasteiger charge is -2.26. The lowest BCUT2D eigenvalue weighted by Crippen LogP contribution is -2.47. The van der Waals surface area contributed by atoms with E-state index in [1.54, 1.807) is 0 Å². The minimum atomic E-state index is 0.107. The summed E-state index contributed by atoms with van der Waals surface area (Å²) < 4.78 is 0. The minimum Gasteiger partial charge on any atom is -0.363 e. The van der Waals surface area contributed by atoms with Gasteiger partial charge in [-0.1, -0.05) is 20.3 Å². The Morgan fingerprint density at radius 2 is 1.92 bits per heavy atom. The number of hydrogen-bond acceptors (Lipinski definition) is 1. The van der Waals surface area contributed by atoms with Crippen LogP contribution in [-0.2, 0) is 0 Å². The predicted molar refractivity (Wildman–Crippen MR) is 63.0 cm³/mol. The summed E-state index contributed by atoms with van der Waals surface area (Å²) >= 11 is 5.16. The fraction of sp³-hybridized carbons (Fsp3) is 0.900. The molecular weight excluding hydrogens is 180 g/mol. The summed E-state index contributed by atoms with van der Waals surface area (Å²) in [5.74, 6) is 0. The number of unbranched alkanes of at least 4 members (excludes halogenated alkanes) is 1. The quantitative estimate of drug-likeness (QED) is 0.529. The predicted octanol–water partition coefficient (Wildman–Crippen LogP) is 2.44. The van der Waals surface area contributed by atoms with Crippen LogP contribution in [0.25, 0.3) is 0 Å². The third kappa shape index (κ3) is 6.82. The van der Waals surface area contributed by atoms with Crippen molar-refractivity contribution in [3.05, 3.63) is 0 Å². The van der Waals surface area contributed by atoms with Crippen LogP contribution in [0.3, 0.4) is 0 Å². The SMILES string of the molecule is CCCCNC(=S)NC(C)(C)CC. The van der Waals surface area contributed by atoms with E-state index < -0.39 is 0 Å². The molecule has 0 saturated heterocycles. The van der Waals surface area contributed by atoms with Crippen LogP contribution < -0.4 is 10.6 Å². The maximum Gasteiger partial charge on any atom is 0.166 e. The highest BCUT2D eigenvalue weighted by molar-refractivity contribution is 7.80. The Labute approximate surface area is 87.5 Å². The van der Waals surface area contributed by atoms with Gasteiger partial charge >= 0.3 is 0 Å². The van der Waals surface area contributed by atoms with Gasteiger partial charge in [-0.3, -0.25) is 0 Å². The van der Waals surface area contributed by atoms with Crippen molar-refractivity contribution in [2.24, 2.45) is 0 Å². The van der Waals surface area contributed by atoms with Crippen LogP contribution in [0.5, 0.6) is 0 Å². The van der Waals surface area contributed by atoms with Gasteiger partial charge in [0.2, 0.25) is 0 Å². The molecule has 0 aliphatic heterocycles. The molecule has 78 valence electrons. The summed E-state index contributed by atoms with van der Waals surface area (Å²) in [6.07, 6.45) is 3.45. The lowest BCUT2D eigenvalue weighted by molar-refractivity contribution is 0.442. The molecule has 0 atom stereocenters. The van der Waals surface area contributed by atoms with Crippen molar-refractivity contribution in [1.29, 1.82) is 0 Å². The van der Waals surface area contributed by atoms with Crippen molar-refractivity contribution in [3.8, 4) is 0 Å². The van der Waals surface area contributed by atoms with Gasteiger partial charge in [0, 0.05) is 12.1 Å². The highest BCUT2D eigenvalue weighted by Gasteiger charge is 2.14. The minimum absolute atomic E-state index is 0.107. The van der Waals surface area contributed by atoms with E-state index >= 15 is 0 Å². The topological polar surface area (TPSA) is 24.1 Å². The summed E-state index contributed by atoms with van der Waals surface area (Å²) in [4.78, 5) is 0. The molecule has 2 nitrogen and oxygen atoms in total. The van der Waals surface area contributed by atoms with E-state index in [4.69, 9.17) is 12.2 Å². The Bertz CT molecular complexity index is 155. The standard InChI is InChI=1S/C10H22N2S/c1-5-7-8-11-9(13)12-10(3,4)6-2/h5-8H2,1-4H3,(H2,11,12,13). The van der Waals surface area contributed by atoms with Crippen LogP contribution in [0.2, 0.25) is 0 Å². The summed E-state index contributed by atoms with van der Waals surface area (Å²) in [6.45, 7) is 9.61. The Morgan fingerprint density at radius 3 is 2.38 bits per heavy atom. The van der Waals surface area contributed by atoms with E-state index in [0.29, 0.717) is 0 Å². The first-order chi connectivity index (χ1) is 6.02. The van der Waals surface area contributed by atoms with Crippen LogP contribution in [0.15, 0.2) is 0 Å². The largest absolute Gasteiger partial charge is 0.363 e. The average molecular weight is 202 g/mol.